The van der Waals surface area contributed by atoms with E-state index in [-0.39, 0.29) is 23.7 Å². The van der Waals surface area contributed by atoms with Crippen LogP contribution in [0.25, 0.3) is 0 Å². The molecule has 0 aromatic rings. The number of primary amides is 1. The Balaban J connectivity index is 1.79. The summed E-state index contributed by atoms with van der Waals surface area (Å²) in [6, 6.07) is -4.53. The molecule has 0 aromatic heterocycles. The fourth-order valence-corrected chi connectivity index (χ4v) is 5.86. The number of carbonyl (C=O) groups is 6. The van der Waals surface area contributed by atoms with E-state index in [0.29, 0.717) is 38.3 Å². The lowest BCUT2D eigenvalue weighted by molar-refractivity contribution is -0.147. The quantitative estimate of drug-likeness (QED) is 0.160. The molecule has 0 radical (unpaired) electrons. The first-order chi connectivity index (χ1) is 20.5. The lowest BCUT2D eigenvalue weighted by atomic mass is 9.85. The third-order valence-electron chi connectivity index (χ3n) is 8.74. The number of ether oxygens (including phenoxy) is 1. The highest BCUT2D eigenvalue weighted by molar-refractivity contribution is 6.37. The molecule has 1 unspecified atom stereocenters. The molecular formula is C32H53N5O7. The Morgan fingerprint density at radius 2 is 1.48 bits per heavy atom. The number of esters is 1. The summed E-state index contributed by atoms with van der Waals surface area (Å²) in [6.07, 6.45) is 5.46. The molecule has 3 fully saturated rings. The summed E-state index contributed by atoms with van der Waals surface area (Å²) < 4.78 is 5.41. The lowest BCUT2D eigenvalue weighted by Gasteiger charge is -2.37. The average molecular weight is 620 g/mol. The fraction of sp³-hybridized carbons (Fsp3) is 0.812. The highest BCUT2D eigenvalue weighted by atomic mass is 16.5. The summed E-state index contributed by atoms with van der Waals surface area (Å²) in [5.41, 5.74) is 4.54. The monoisotopic (exact) mass is 619 g/mol. The minimum absolute atomic E-state index is 0.176. The van der Waals surface area contributed by atoms with Crippen LogP contribution >= 0.6 is 0 Å². The summed E-state index contributed by atoms with van der Waals surface area (Å²) in [5.74, 6) is -2.95. The Kier molecular flexibility index (Phi) is 11.8. The van der Waals surface area contributed by atoms with Crippen LogP contribution < -0.4 is 21.7 Å². The van der Waals surface area contributed by atoms with Crippen molar-refractivity contribution in [2.45, 2.75) is 118 Å². The van der Waals surface area contributed by atoms with Crippen LogP contribution in [0.5, 0.6) is 0 Å². The predicted octanol–water partition coefficient (Wildman–Crippen LogP) is 2.28. The van der Waals surface area contributed by atoms with E-state index >= 15 is 0 Å². The lowest BCUT2D eigenvalue weighted by Crippen LogP contribution is -2.61. The number of hydrogen-bond donors (Lipinski definition) is 4. The Morgan fingerprint density at radius 1 is 0.864 bits per heavy atom. The van der Waals surface area contributed by atoms with Gasteiger partial charge in [-0.05, 0) is 67.1 Å². The van der Waals surface area contributed by atoms with Crippen molar-refractivity contribution in [1.82, 2.24) is 20.9 Å². The van der Waals surface area contributed by atoms with Gasteiger partial charge in [0.2, 0.25) is 17.6 Å². The maximum absolute atomic E-state index is 14.2. The van der Waals surface area contributed by atoms with Gasteiger partial charge in [0.05, 0.1) is 12.6 Å². The van der Waals surface area contributed by atoms with Gasteiger partial charge in [-0.25, -0.2) is 9.59 Å². The summed E-state index contributed by atoms with van der Waals surface area (Å²) >= 11 is 0. The molecule has 1 aliphatic heterocycles. The topological polar surface area (TPSA) is 177 Å². The molecule has 5 N–H and O–H groups in total. The van der Waals surface area contributed by atoms with Crippen LogP contribution in [0.2, 0.25) is 0 Å². The van der Waals surface area contributed by atoms with Crippen molar-refractivity contribution in [3.63, 3.8) is 0 Å². The van der Waals surface area contributed by atoms with Gasteiger partial charge in [0, 0.05) is 6.54 Å². The smallest absolute Gasteiger partial charge is 0.328 e. The van der Waals surface area contributed by atoms with Crippen LogP contribution in [-0.2, 0) is 28.7 Å². The van der Waals surface area contributed by atoms with Gasteiger partial charge in [0.1, 0.15) is 18.1 Å². The third kappa shape index (κ3) is 9.92. The van der Waals surface area contributed by atoms with Crippen LogP contribution in [0, 0.1) is 35.0 Å². The number of likely N-dealkylation sites (tertiary alicyclic amines) is 1. The Bertz CT molecular complexity index is 1090. The fourth-order valence-electron chi connectivity index (χ4n) is 5.86. The maximum atomic E-state index is 14.2. The van der Waals surface area contributed by atoms with Crippen LogP contribution in [0.4, 0.5) is 4.79 Å². The van der Waals surface area contributed by atoms with E-state index in [2.05, 4.69) is 16.0 Å². The molecule has 1 heterocycles. The van der Waals surface area contributed by atoms with Crippen molar-refractivity contribution in [3.05, 3.63) is 0 Å². The number of hydrogen-bond acceptors (Lipinski definition) is 7. The van der Waals surface area contributed by atoms with Gasteiger partial charge in [-0.15, -0.1) is 0 Å². The van der Waals surface area contributed by atoms with Gasteiger partial charge in [0.15, 0.2) is 0 Å². The van der Waals surface area contributed by atoms with Crippen LogP contribution in [-0.4, -0.2) is 77.7 Å². The van der Waals surface area contributed by atoms with Crippen LogP contribution in [0.1, 0.15) is 93.4 Å². The van der Waals surface area contributed by atoms with E-state index in [9.17, 15) is 28.8 Å². The number of carbonyl (C=O) groups excluding carboxylic acids is 6. The van der Waals surface area contributed by atoms with Gasteiger partial charge >= 0.3 is 12.0 Å². The summed E-state index contributed by atoms with van der Waals surface area (Å²) in [6.45, 7) is 13.7. The minimum Gasteiger partial charge on any atom is -0.464 e. The number of amides is 5. The molecule has 5 atom stereocenters. The number of nitrogens with two attached hydrogens (primary N) is 1. The average Bonchev–Trinajstić information content (AvgIpc) is 3.85. The van der Waals surface area contributed by atoms with Gasteiger partial charge in [0.25, 0.3) is 5.91 Å². The summed E-state index contributed by atoms with van der Waals surface area (Å²) in [5, 5.41) is 8.23. The van der Waals surface area contributed by atoms with Crippen LogP contribution in [0.3, 0.4) is 0 Å². The Hall–Kier alpha value is -3.18. The van der Waals surface area contributed by atoms with Gasteiger partial charge in [-0.3, -0.25) is 19.2 Å². The van der Waals surface area contributed by atoms with Crippen molar-refractivity contribution < 1.29 is 33.5 Å². The molecule has 44 heavy (non-hydrogen) atoms. The van der Waals surface area contributed by atoms with Crippen molar-refractivity contribution in [2.75, 3.05) is 13.2 Å². The molecule has 12 nitrogen and oxygen atoms in total. The number of nitrogens with one attached hydrogen (secondary N) is 3. The van der Waals surface area contributed by atoms with Crippen molar-refractivity contribution in [3.8, 4) is 0 Å². The van der Waals surface area contributed by atoms with Gasteiger partial charge < -0.3 is 31.3 Å². The number of urea groups is 1. The number of Topliss-reactive ketones (excluding diaryl/α,β-unsaturated/α-hetero) is 1. The summed E-state index contributed by atoms with van der Waals surface area (Å²) in [4.78, 5) is 79.8. The van der Waals surface area contributed by atoms with Gasteiger partial charge in [-0.1, -0.05) is 61.3 Å². The van der Waals surface area contributed by atoms with Crippen molar-refractivity contribution in [1.29, 1.82) is 0 Å². The molecule has 0 aromatic carbocycles. The zero-order valence-corrected chi connectivity index (χ0v) is 27.4. The van der Waals surface area contributed by atoms with E-state index in [1.807, 2.05) is 34.6 Å². The molecule has 3 aliphatic rings. The van der Waals surface area contributed by atoms with Crippen molar-refractivity contribution >= 4 is 35.5 Å². The molecule has 2 saturated carbocycles. The van der Waals surface area contributed by atoms with Crippen LogP contribution in [0.15, 0.2) is 0 Å². The van der Waals surface area contributed by atoms with Crippen molar-refractivity contribution in [2.24, 2.45) is 40.7 Å². The normalized spacial score (nSPS) is 22.2. The first-order valence-electron chi connectivity index (χ1n) is 16.2. The molecular weight excluding hydrogens is 566 g/mol. The van der Waals surface area contributed by atoms with E-state index in [4.69, 9.17) is 10.5 Å². The molecule has 248 valence electrons. The molecule has 0 bridgehead atoms. The standard InChI is InChI=1S/C32H53N5O7/c1-17(2)14-21-12-13-37(24(21)28(40)34-22(15-19-8-9-19)25(38)27(33)39)29(41)26(32(5,6)7)36-31(43)35-23(18(3)4)30(42)44-16-20-10-11-20/h17-24,26H,8-16H2,1-7H3,(H2,33,39)(H,34,40)(H2,35,36,43)/t21-,22?,23+,24+,26-/m1/s1. The second-order valence-corrected chi connectivity index (χ2v) is 14.8. The molecule has 3 rings (SSSR count). The largest absolute Gasteiger partial charge is 0.464 e. The molecule has 0 spiro atoms. The van der Waals surface area contributed by atoms with E-state index in [1.165, 1.54) is 4.90 Å². The van der Waals surface area contributed by atoms with E-state index < -0.39 is 65.1 Å². The SMILES string of the molecule is CC(C)C[C@H]1CCN(C(=O)[C@@H](NC(=O)N[C@H](C(=O)OCC2CC2)C(C)C)C(C)(C)C)[C@@H]1C(=O)NC(CC1CC1)C(=O)C(N)=O. The molecule has 5 amide bonds. The molecule has 12 heteroatoms. The highest BCUT2D eigenvalue weighted by Crippen LogP contribution is 2.35. The van der Waals surface area contributed by atoms with E-state index in [0.717, 1.165) is 25.7 Å². The zero-order valence-electron chi connectivity index (χ0n) is 27.4. The third-order valence-corrected chi connectivity index (χ3v) is 8.74. The molecule has 2 aliphatic carbocycles. The number of ketones is 1. The van der Waals surface area contributed by atoms with Gasteiger partial charge in [-0.2, -0.15) is 0 Å². The predicted molar refractivity (Wildman–Crippen MR) is 164 cm³/mol. The molecule has 1 saturated heterocycles. The Labute approximate surface area is 261 Å². The Morgan fingerprint density at radius 3 is 1.98 bits per heavy atom. The maximum Gasteiger partial charge on any atom is 0.328 e. The minimum atomic E-state index is -1.10. The highest BCUT2D eigenvalue weighted by Gasteiger charge is 2.47. The first-order valence-corrected chi connectivity index (χ1v) is 16.2. The summed E-state index contributed by atoms with van der Waals surface area (Å²) in [7, 11) is 0. The van der Waals surface area contributed by atoms with E-state index in [1.54, 1.807) is 13.8 Å². The first kappa shape index (κ1) is 35.3. The zero-order chi connectivity index (χ0) is 32.9. The number of nitrogens with zero attached hydrogens (tertiary/aromatic N) is 1. The second kappa shape index (κ2) is 14.7. The number of rotatable bonds is 15. The second-order valence-electron chi connectivity index (χ2n) is 14.8.